The van der Waals surface area contributed by atoms with Gasteiger partial charge in [0.1, 0.15) is 12.1 Å². The summed E-state index contributed by atoms with van der Waals surface area (Å²) in [5.41, 5.74) is 1.74. The van der Waals surface area contributed by atoms with Crippen LogP contribution in [0.2, 0.25) is 5.02 Å². The second-order valence-corrected chi connectivity index (χ2v) is 7.00. The fourth-order valence-corrected chi connectivity index (χ4v) is 3.60. The van der Waals surface area contributed by atoms with Gasteiger partial charge in [-0.1, -0.05) is 18.5 Å². The van der Waals surface area contributed by atoms with Crippen LogP contribution in [-0.4, -0.2) is 38.5 Å². The number of benzene rings is 1. The molecule has 0 spiro atoms. The molecule has 0 amide bonds. The van der Waals surface area contributed by atoms with Gasteiger partial charge in [0.05, 0.1) is 0 Å². The first-order chi connectivity index (χ1) is 12.7. The van der Waals surface area contributed by atoms with Crippen LogP contribution in [0.4, 0.5) is 5.82 Å². The number of piperidine rings is 1. The fraction of sp³-hybridized carbons (Fsp3) is 0.368. The number of carbonyl (C=O) groups excluding carboxylic acids is 1. The third-order valence-corrected chi connectivity index (χ3v) is 5.22. The van der Waals surface area contributed by atoms with Crippen LogP contribution >= 0.6 is 11.6 Å². The Balaban J connectivity index is 1.51. The Bertz CT molecular complexity index is 929. The minimum atomic E-state index is 0.0474. The first-order valence-corrected chi connectivity index (χ1v) is 9.28. The molecule has 0 N–H and O–H groups in total. The van der Waals surface area contributed by atoms with E-state index in [2.05, 4.69) is 33.0 Å². The largest absolute Gasteiger partial charge is 0.356 e. The lowest BCUT2D eigenvalue weighted by Crippen LogP contribution is -2.37. The van der Waals surface area contributed by atoms with Crippen LogP contribution in [0.15, 0.2) is 36.7 Å². The molecule has 6 nitrogen and oxygen atoms in total. The van der Waals surface area contributed by atoms with Gasteiger partial charge in [0.25, 0.3) is 5.78 Å². The van der Waals surface area contributed by atoms with Gasteiger partial charge in [-0.3, -0.25) is 4.79 Å². The van der Waals surface area contributed by atoms with Gasteiger partial charge >= 0.3 is 0 Å². The van der Waals surface area contributed by atoms with Crippen molar-refractivity contribution in [3.63, 3.8) is 0 Å². The number of hydrogen-bond donors (Lipinski definition) is 0. The topological polar surface area (TPSA) is 63.4 Å². The second-order valence-electron chi connectivity index (χ2n) is 6.56. The molecule has 134 valence electrons. The van der Waals surface area contributed by atoms with Crippen molar-refractivity contribution in [2.45, 2.75) is 26.2 Å². The molecule has 0 saturated carbocycles. The number of hydrogen-bond acceptors (Lipinski definition) is 5. The van der Waals surface area contributed by atoms with Crippen molar-refractivity contribution < 1.29 is 4.79 Å². The molecule has 1 aromatic carbocycles. The van der Waals surface area contributed by atoms with Gasteiger partial charge in [0.2, 0.25) is 0 Å². The van der Waals surface area contributed by atoms with Gasteiger partial charge in [-0.15, -0.1) is 0 Å². The Morgan fingerprint density at radius 2 is 1.96 bits per heavy atom. The van der Waals surface area contributed by atoms with E-state index in [1.807, 2.05) is 12.1 Å². The zero-order chi connectivity index (χ0) is 18.1. The van der Waals surface area contributed by atoms with E-state index in [1.54, 1.807) is 16.6 Å². The van der Waals surface area contributed by atoms with E-state index < -0.39 is 0 Å². The van der Waals surface area contributed by atoms with Crippen molar-refractivity contribution in [3.05, 3.63) is 52.9 Å². The van der Waals surface area contributed by atoms with Crippen molar-refractivity contribution in [1.82, 2.24) is 19.6 Å². The molecule has 1 aliphatic rings. The van der Waals surface area contributed by atoms with Gasteiger partial charge in [-0.2, -0.15) is 14.6 Å². The lowest BCUT2D eigenvalue weighted by Gasteiger charge is -2.33. The highest BCUT2D eigenvalue weighted by molar-refractivity contribution is 6.30. The molecule has 2 aromatic heterocycles. The number of aromatic nitrogens is 4. The summed E-state index contributed by atoms with van der Waals surface area (Å²) < 4.78 is 1.78. The average Bonchev–Trinajstić information content (AvgIpc) is 3.16. The number of ketones is 1. The third kappa shape index (κ3) is 3.17. The van der Waals surface area contributed by atoms with E-state index in [4.69, 9.17) is 11.6 Å². The lowest BCUT2D eigenvalue weighted by molar-refractivity contribution is 0.0900. The van der Waals surface area contributed by atoms with Gasteiger partial charge < -0.3 is 4.90 Å². The summed E-state index contributed by atoms with van der Waals surface area (Å²) in [6.45, 7) is 3.70. The van der Waals surface area contributed by atoms with E-state index >= 15 is 0 Å². The molecule has 0 radical (unpaired) electrons. The maximum Gasteiger partial charge on any atom is 0.254 e. The maximum absolute atomic E-state index is 12.7. The summed E-state index contributed by atoms with van der Waals surface area (Å²) in [6.07, 6.45) is 4.02. The third-order valence-electron chi connectivity index (χ3n) is 4.97. The summed E-state index contributed by atoms with van der Waals surface area (Å²) in [4.78, 5) is 23.7. The van der Waals surface area contributed by atoms with Crippen LogP contribution in [0.5, 0.6) is 0 Å². The van der Waals surface area contributed by atoms with Crippen molar-refractivity contribution >= 4 is 29.0 Å². The summed E-state index contributed by atoms with van der Waals surface area (Å²) in [7, 11) is 0. The zero-order valence-electron chi connectivity index (χ0n) is 14.6. The van der Waals surface area contributed by atoms with E-state index in [0.29, 0.717) is 10.8 Å². The Kier molecular flexibility index (Phi) is 4.59. The monoisotopic (exact) mass is 369 g/mol. The van der Waals surface area contributed by atoms with Crippen molar-refractivity contribution in [2.75, 3.05) is 18.0 Å². The summed E-state index contributed by atoms with van der Waals surface area (Å²) in [5.74, 6) is 1.88. The van der Waals surface area contributed by atoms with Crippen LogP contribution in [0, 0.1) is 5.92 Å². The Hall–Kier alpha value is -2.47. The molecule has 1 saturated heterocycles. The van der Waals surface area contributed by atoms with E-state index in [-0.39, 0.29) is 11.7 Å². The van der Waals surface area contributed by atoms with E-state index in [0.717, 1.165) is 49.4 Å². The quantitative estimate of drug-likeness (QED) is 0.659. The Morgan fingerprint density at radius 3 is 2.65 bits per heavy atom. The molecule has 0 atom stereocenters. The highest BCUT2D eigenvalue weighted by atomic mass is 35.5. The standard InChI is InChI=1S/C19H20ClN5O/c1-2-16-11-17(25-19(23-16)21-12-22-25)24-9-7-14(8-10-24)18(26)13-3-5-15(20)6-4-13/h3-6,11-12,14H,2,7-10H2,1H3. The van der Waals surface area contributed by atoms with Gasteiger partial charge in [-0.25, -0.2) is 4.98 Å². The van der Waals surface area contributed by atoms with Crippen molar-refractivity contribution in [1.29, 1.82) is 0 Å². The normalized spacial score (nSPS) is 15.5. The number of anilines is 1. The van der Waals surface area contributed by atoms with Crippen molar-refractivity contribution in [3.8, 4) is 0 Å². The number of aryl methyl sites for hydroxylation is 1. The number of rotatable bonds is 4. The van der Waals surface area contributed by atoms with Crippen LogP contribution in [-0.2, 0) is 6.42 Å². The second kappa shape index (κ2) is 7.03. The minimum absolute atomic E-state index is 0.0474. The van der Waals surface area contributed by atoms with Gasteiger partial charge in [0.15, 0.2) is 5.78 Å². The molecule has 3 aromatic rings. The number of nitrogens with zero attached hydrogens (tertiary/aromatic N) is 5. The molecule has 1 aliphatic heterocycles. The maximum atomic E-state index is 12.7. The number of halogens is 1. The van der Waals surface area contributed by atoms with E-state index in [9.17, 15) is 4.79 Å². The fourth-order valence-electron chi connectivity index (χ4n) is 3.47. The molecule has 0 unspecified atom stereocenters. The number of fused-ring (bicyclic) bond motifs is 1. The molecule has 3 heterocycles. The van der Waals surface area contributed by atoms with E-state index in [1.165, 1.54) is 6.33 Å². The molecule has 26 heavy (non-hydrogen) atoms. The summed E-state index contributed by atoms with van der Waals surface area (Å²) in [6, 6.07) is 9.24. The predicted octanol–water partition coefficient (Wildman–Crippen LogP) is 3.44. The molecule has 0 aliphatic carbocycles. The first-order valence-electron chi connectivity index (χ1n) is 8.90. The van der Waals surface area contributed by atoms with Crippen molar-refractivity contribution in [2.24, 2.45) is 5.92 Å². The summed E-state index contributed by atoms with van der Waals surface area (Å²) in [5, 5.41) is 4.95. The van der Waals surface area contributed by atoms with Crippen LogP contribution in [0.3, 0.4) is 0 Å². The zero-order valence-corrected chi connectivity index (χ0v) is 15.4. The molecule has 4 rings (SSSR count). The molecule has 0 bridgehead atoms. The minimum Gasteiger partial charge on any atom is -0.356 e. The Labute approximate surface area is 156 Å². The lowest BCUT2D eigenvalue weighted by atomic mass is 9.89. The van der Waals surface area contributed by atoms with Crippen LogP contribution in [0.25, 0.3) is 5.78 Å². The smallest absolute Gasteiger partial charge is 0.254 e. The Morgan fingerprint density at radius 1 is 1.23 bits per heavy atom. The predicted molar refractivity (Wildman–Crippen MR) is 101 cm³/mol. The highest BCUT2D eigenvalue weighted by Gasteiger charge is 2.27. The molecule has 1 fully saturated rings. The summed E-state index contributed by atoms with van der Waals surface area (Å²) >= 11 is 5.92. The number of Topliss-reactive ketones (excluding diaryl/α,β-unsaturated/α-hetero) is 1. The first kappa shape index (κ1) is 17.0. The van der Waals surface area contributed by atoms with Gasteiger partial charge in [0, 0.05) is 41.4 Å². The van der Waals surface area contributed by atoms with Crippen LogP contribution < -0.4 is 4.90 Å². The van der Waals surface area contributed by atoms with Crippen LogP contribution in [0.1, 0.15) is 35.8 Å². The molecular weight excluding hydrogens is 350 g/mol. The molecule has 7 heteroatoms. The average molecular weight is 370 g/mol. The highest BCUT2D eigenvalue weighted by Crippen LogP contribution is 2.26. The number of carbonyl (C=O) groups is 1. The van der Waals surface area contributed by atoms with Gasteiger partial charge in [-0.05, 0) is 43.5 Å². The molecular formula is C19H20ClN5O. The SMILES string of the molecule is CCc1cc(N2CCC(C(=O)c3ccc(Cl)cc3)CC2)n2ncnc2n1.